The molecule has 1 aliphatic heterocycles. The summed E-state index contributed by atoms with van der Waals surface area (Å²) in [7, 11) is 0. The van der Waals surface area contributed by atoms with Gasteiger partial charge in [-0.2, -0.15) is 0 Å². The Balaban J connectivity index is 1.78. The standard InChI is InChI=1S/C16H24ClN3O/c1-3-13(2)18-16(21)12-19-8-10-20(11-9-19)15-6-4-14(17)5-7-15/h4-7,13H,3,8-12H2,1-2H3,(H,18,21). The number of amides is 1. The molecule has 116 valence electrons. The summed E-state index contributed by atoms with van der Waals surface area (Å²) in [6, 6.07) is 8.19. The van der Waals surface area contributed by atoms with Gasteiger partial charge in [0.1, 0.15) is 0 Å². The van der Waals surface area contributed by atoms with Crippen LogP contribution in [-0.4, -0.2) is 49.6 Å². The zero-order valence-corrected chi connectivity index (χ0v) is 13.6. The molecule has 0 aromatic heterocycles. The summed E-state index contributed by atoms with van der Waals surface area (Å²) < 4.78 is 0. The van der Waals surface area contributed by atoms with Crippen LogP contribution in [0.4, 0.5) is 5.69 Å². The van der Waals surface area contributed by atoms with Gasteiger partial charge in [-0.25, -0.2) is 0 Å². The van der Waals surface area contributed by atoms with Crippen LogP contribution in [0.3, 0.4) is 0 Å². The van der Waals surface area contributed by atoms with Crippen molar-refractivity contribution in [2.45, 2.75) is 26.3 Å². The Hall–Kier alpha value is -1.26. The van der Waals surface area contributed by atoms with Crippen LogP contribution in [0.1, 0.15) is 20.3 Å². The van der Waals surface area contributed by atoms with Crippen LogP contribution in [0.5, 0.6) is 0 Å². The third-order valence-corrected chi connectivity index (χ3v) is 4.20. The molecular formula is C16H24ClN3O. The van der Waals surface area contributed by atoms with Crippen molar-refractivity contribution in [3.05, 3.63) is 29.3 Å². The Morgan fingerprint density at radius 3 is 2.43 bits per heavy atom. The number of carbonyl (C=O) groups is 1. The van der Waals surface area contributed by atoms with E-state index < -0.39 is 0 Å². The van der Waals surface area contributed by atoms with E-state index >= 15 is 0 Å². The minimum absolute atomic E-state index is 0.129. The van der Waals surface area contributed by atoms with E-state index in [9.17, 15) is 4.79 Å². The van der Waals surface area contributed by atoms with Gasteiger partial charge in [0.25, 0.3) is 0 Å². The molecule has 0 spiro atoms. The number of nitrogens with zero attached hydrogens (tertiary/aromatic N) is 2. The van der Waals surface area contributed by atoms with Gasteiger partial charge in [0, 0.05) is 42.9 Å². The van der Waals surface area contributed by atoms with Crippen molar-refractivity contribution in [2.75, 3.05) is 37.6 Å². The Morgan fingerprint density at radius 1 is 1.24 bits per heavy atom. The number of hydrogen-bond donors (Lipinski definition) is 1. The molecule has 5 heteroatoms. The predicted molar refractivity (Wildman–Crippen MR) is 88.0 cm³/mol. The number of benzene rings is 1. The van der Waals surface area contributed by atoms with Crippen molar-refractivity contribution in [3.8, 4) is 0 Å². The van der Waals surface area contributed by atoms with E-state index in [2.05, 4.69) is 22.0 Å². The SMILES string of the molecule is CCC(C)NC(=O)CN1CCN(c2ccc(Cl)cc2)CC1. The molecule has 0 saturated carbocycles. The van der Waals surface area contributed by atoms with Gasteiger partial charge in [-0.1, -0.05) is 18.5 Å². The van der Waals surface area contributed by atoms with Gasteiger partial charge >= 0.3 is 0 Å². The monoisotopic (exact) mass is 309 g/mol. The third kappa shape index (κ3) is 4.90. The summed E-state index contributed by atoms with van der Waals surface area (Å²) in [5.41, 5.74) is 1.20. The van der Waals surface area contributed by atoms with Crippen LogP contribution in [0.15, 0.2) is 24.3 Å². The highest BCUT2D eigenvalue weighted by molar-refractivity contribution is 6.30. The lowest BCUT2D eigenvalue weighted by atomic mass is 10.2. The Labute approximate surface area is 132 Å². The smallest absolute Gasteiger partial charge is 0.234 e. The molecule has 2 rings (SSSR count). The number of nitrogens with one attached hydrogen (secondary N) is 1. The van der Waals surface area contributed by atoms with Crippen molar-refractivity contribution in [1.82, 2.24) is 10.2 Å². The molecule has 1 aliphatic rings. The average molecular weight is 310 g/mol. The Kier molecular flexibility index (Phi) is 5.88. The van der Waals surface area contributed by atoms with Crippen molar-refractivity contribution in [1.29, 1.82) is 0 Å². The second-order valence-electron chi connectivity index (χ2n) is 5.62. The van der Waals surface area contributed by atoms with Gasteiger partial charge in [-0.3, -0.25) is 9.69 Å². The van der Waals surface area contributed by atoms with Crippen LogP contribution in [-0.2, 0) is 4.79 Å². The average Bonchev–Trinajstić information content (AvgIpc) is 2.48. The molecule has 1 aromatic rings. The normalized spacial score (nSPS) is 17.6. The topological polar surface area (TPSA) is 35.6 Å². The maximum Gasteiger partial charge on any atom is 0.234 e. The molecule has 1 aromatic carbocycles. The van der Waals surface area contributed by atoms with Crippen LogP contribution in [0, 0.1) is 0 Å². The zero-order chi connectivity index (χ0) is 15.2. The molecule has 1 fully saturated rings. The van der Waals surface area contributed by atoms with E-state index in [1.807, 2.05) is 31.2 Å². The van der Waals surface area contributed by atoms with Crippen LogP contribution < -0.4 is 10.2 Å². The van der Waals surface area contributed by atoms with E-state index in [1.54, 1.807) is 0 Å². The minimum atomic E-state index is 0.129. The van der Waals surface area contributed by atoms with Gasteiger partial charge in [0.05, 0.1) is 6.54 Å². The predicted octanol–water partition coefficient (Wildman–Crippen LogP) is 2.38. The van der Waals surface area contributed by atoms with Gasteiger partial charge in [-0.15, -0.1) is 0 Å². The molecule has 1 unspecified atom stereocenters. The Bertz CT molecular complexity index is 455. The Morgan fingerprint density at radius 2 is 1.86 bits per heavy atom. The summed E-state index contributed by atoms with van der Waals surface area (Å²) in [5, 5.41) is 3.78. The van der Waals surface area contributed by atoms with E-state index in [1.165, 1.54) is 5.69 Å². The molecule has 0 aliphatic carbocycles. The molecule has 1 amide bonds. The lowest BCUT2D eigenvalue weighted by molar-refractivity contribution is -0.122. The number of piperazine rings is 1. The summed E-state index contributed by atoms with van der Waals surface area (Å²) >= 11 is 5.91. The van der Waals surface area contributed by atoms with E-state index in [0.29, 0.717) is 6.54 Å². The highest BCUT2D eigenvalue weighted by Crippen LogP contribution is 2.19. The number of hydrogen-bond acceptors (Lipinski definition) is 3. The molecule has 1 heterocycles. The van der Waals surface area contributed by atoms with Crippen molar-refractivity contribution in [3.63, 3.8) is 0 Å². The summed E-state index contributed by atoms with van der Waals surface area (Å²) in [5.74, 6) is 0.129. The van der Waals surface area contributed by atoms with Crippen molar-refractivity contribution in [2.24, 2.45) is 0 Å². The van der Waals surface area contributed by atoms with Crippen LogP contribution in [0.2, 0.25) is 5.02 Å². The second kappa shape index (κ2) is 7.66. The lowest BCUT2D eigenvalue weighted by Gasteiger charge is -2.35. The molecule has 21 heavy (non-hydrogen) atoms. The quantitative estimate of drug-likeness (QED) is 0.907. The van der Waals surface area contributed by atoms with Gasteiger partial charge in [0.15, 0.2) is 0 Å². The first-order valence-corrected chi connectivity index (χ1v) is 7.98. The molecule has 1 N–H and O–H groups in total. The van der Waals surface area contributed by atoms with Crippen molar-refractivity contribution < 1.29 is 4.79 Å². The fourth-order valence-corrected chi connectivity index (χ4v) is 2.57. The van der Waals surface area contributed by atoms with Crippen LogP contribution >= 0.6 is 11.6 Å². The molecule has 4 nitrogen and oxygen atoms in total. The second-order valence-corrected chi connectivity index (χ2v) is 6.05. The first kappa shape index (κ1) is 16.1. The summed E-state index contributed by atoms with van der Waals surface area (Å²) in [4.78, 5) is 16.4. The number of carbonyl (C=O) groups excluding carboxylic acids is 1. The summed E-state index contributed by atoms with van der Waals surface area (Å²) in [6.45, 7) is 8.33. The maximum atomic E-state index is 11.9. The third-order valence-electron chi connectivity index (χ3n) is 3.95. The highest BCUT2D eigenvalue weighted by atomic mass is 35.5. The number of anilines is 1. The lowest BCUT2D eigenvalue weighted by Crippen LogP contribution is -2.50. The van der Waals surface area contributed by atoms with Gasteiger partial charge < -0.3 is 10.2 Å². The maximum absolute atomic E-state index is 11.9. The highest BCUT2D eigenvalue weighted by Gasteiger charge is 2.19. The van der Waals surface area contributed by atoms with Gasteiger partial charge in [0.2, 0.25) is 5.91 Å². The van der Waals surface area contributed by atoms with E-state index in [4.69, 9.17) is 11.6 Å². The molecule has 0 bridgehead atoms. The molecule has 0 radical (unpaired) electrons. The molecule has 1 saturated heterocycles. The van der Waals surface area contributed by atoms with Crippen molar-refractivity contribution >= 4 is 23.2 Å². The fourth-order valence-electron chi connectivity index (χ4n) is 2.44. The molecule has 1 atom stereocenters. The van der Waals surface area contributed by atoms with Crippen LogP contribution in [0.25, 0.3) is 0 Å². The number of rotatable bonds is 5. The van der Waals surface area contributed by atoms with Gasteiger partial charge in [-0.05, 0) is 37.6 Å². The first-order valence-electron chi connectivity index (χ1n) is 7.60. The zero-order valence-electron chi connectivity index (χ0n) is 12.8. The van der Waals surface area contributed by atoms with E-state index in [-0.39, 0.29) is 11.9 Å². The number of halogens is 1. The molecular weight excluding hydrogens is 286 g/mol. The summed E-state index contributed by atoms with van der Waals surface area (Å²) in [6.07, 6.45) is 0.968. The largest absolute Gasteiger partial charge is 0.369 e. The van der Waals surface area contributed by atoms with E-state index in [0.717, 1.165) is 37.6 Å². The first-order chi connectivity index (χ1) is 10.1. The minimum Gasteiger partial charge on any atom is -0.369 e. The fraction of sp³-hybridized carbons (Fsp3) is 0.562.